The molecule has 2 heterocycles. The topological polar surface area (TPSA) is 81.0 Å². The van der Waals surface area contributed by atoms with Crippen LogP contribution in [0.2, 0.25) is 19.6 Å². The van der Waals surface area contributed by atoms with E-state index in [0.29, 0.717) is 11.3 Å². The second-order valence-corrected chi connectivity index (χ2v) is 13.5. The Balaban J connectivity index is 2.49. The predicted molar refractivity (Wildman–Crippen MR) is 115 cm³/mol. The van der Waals surface area contributed by atoms with Crippen LogP contribution < -0.4 is 10.1 Å². The number of nitrogens with one attached hydrogen (secondary N) is 1. The van der Waals surface area contributed by atoms with Crippen LogP contribution in [0.4, 0.5) is 5.69 Å². The minimum Gasteiger partial charge on any atom is -0.496 e. The largest absolute Gasteiger partial charge is 0.496 e. The number of nitro benzene ring substituents is 1. The summed E-state index contributed by atoms with van der Waals surface area (Å²) in [5.74, 6) is 0.510. The summed E-state index contributed by atoms with van der Waals surface area (Å²) in [6.07, 6.45) is 1.78. The Labute approximate surface area is 167 Å². The Bertz CT molecular complexity index is 1070. The van der Waals surface area contributed by atoms with Gasteiger partial charge in [0.05, 0.1) is 25.7 Å². The molecule has 0 spiro atoms. The van der Waals surface area contributed by atoms with Crippen LogP contribution in [0.3, 0.4) is 0 Å². The number of halogens is 1. The van der Waals surface area contributed by atoms with E-state index in [9.17, 15) is 10.1 Å². The summed E-state index contributed by atoms with van der Waals surface area (Å²) in [7, 11) is -0.256. The molecule has 6 nitrogen and oxygen atoms in total. The molecule has 0 saturated carbocycles. The molecular weight excluding hydrogens is 426 g/mol. The zero-order chi connectivity index (χ0) is 20.1. The maximum atomic E-state index is 11.6. The number of benzene rings is 1. The van der Waals surface area contributed by atoms with E-state index >= 15 is 0 Å². The third-order valence-electron chi connectivity index (χ3n) is 4.81. The predicted octanol–water partition coefficient (Wildman–Crippen LogP) is 5.07. The lowest BCUT2D eigenvalue weighted by molar-refractivity contribution is -0.385. The Hall–Kier alpha value is -2.19. The highest BCUT2D eigenvalue weighted by molar-refractivity contribution is 9.10. The fourth-order valence-corrected chi connectivity index (χ4v) is 5.17. The minimum atomic E-state index is -1.79. The van der Waals surface area contributed by atoms with Crippen molar-refractivity contribution >= 4 is 46.0 Å². The summed E-state index contributed by atoms with van der Waals surface area (Å²) >= 11 is 3.56. The number of hydrogen-bond acceptors (Lipinski definition) is 4. The van der Waals surface area contributed by atoms with Crippen LogP contribution in [0.5, 0.6) is 5.75 Å². The van der Waals surface area contributed by atoms with Gasteiger partial charge in [-0.1, -0.05) is 19.6 Å². The molecule has 27 heavy (non-hydrogen) atoms. The molecule has 1 aromatic carbocycles. The number of nitro groups is 1. The van der Waals surface area contributed by atoms with Crippen LogP contribution in [0.25, 0.3) is 22.2 Å². The number of ether oxygens (including phenoxy) is 1. The van der Waals surface area contributed by atoms with E-state index in [1.165, 1.54) is 7.11 Å². The number of fused-ring (bicyclic) bond motifs is 1. The van der Waals surface area contributed by atoms with Crippen LogP contribution >= 0.6 is 15.9 Å². The van der Waals surface area contributed by atoms with Gasteiger partial charge in [-0.25, -0.2) is 4.98 Å². The summed E-state index contributed by atoms with van der Waals surface area (Å²) in [4.78, 5) is 19.3. The molecule has 3 rings (SSSR count). The fourth-order valence-electron chi connectivity index (χ4n) is 3.36. The van der Waals surface area contributed by atoms with Gasteiger partial charge in [-0.15, -0.1) is 0 Å². The van der Waals surface area contributed by atoms with Gasteiger partial charge < -0.3 is 9.72 Å². The van der Waals surface area contributed by atoms with Crippen LogP contribution in [0.1, 0.15) is 11.1 Å². The maximum Gasteiger partial charge on any atom is 0.276 e. The molecular formula is C19H22BrN3O3Si. The Morgan fingerprint density at radius 1 is 1.22 bits per heavy atom. The first-order valence-electron chi connectivity index (χ1n) is 8.57. The maximum absolute atomic E-state index is 11.6. The van der Waals surface area contributed by atoms with E-state index in [4.69, 9.17) is 4.74 Å². The smallest absolute Gasteiger partial charge is 0.276 e. The number of methoxy groups -OCH3 is 1. The number of hydrogen-bond donors (Lipinski definition) is 1. The van der Waals surface area contributed by atoms with Gasteiger partial charge in [0.2, 0.25) is 0 Å². The van der Waals surface area contributed by atoms with Crippen molar-refractivity contribution in [3.8, 4) is 16.9 Å². The van der Waals surface area contributed by atoms with Crippen LogP contribution in [-0.2, 0) is 0 Å². The molecule has 0 unspecified atom stereocenters. The molecule has 3 aromatic rings. The van der Waals surface area contributed by atoms with Crippen molar-refractivity contribution in [3.63, 3.8) is 0 Å². The number of aryl methyl sites for hydroxylation is 1. The van der Waals surface area contributed by atoms with E-state index in [1.54, 1.807) is 19.2 Å². The first-order chi connectivity index (χ1) is 12.6. The van der Waals surface area contributed by atoms with E-state index < -0.39 is 8.07 Å². The van der Waals surface area contributed by atoms with Gasteiger partial charge in [-0.2, -0.15) is 0 Å². The third-order valence-corrected chi connectivity index (χ3v) is 7.48. The first kappa shape index (κ1) is 19.6. The number of aromatic amines is 1. The lowest BCUT2D eigenvalue weighted by atomic mass is 10.00. The Kier molecular flexibility index (Phi) is 4.90. The van der Waals surface area contributed by atoms with Gasteiger partial charge in [0.1, 0.15) is 11.4 Å². The number of rotatable bonds is 4. The van der Waals surface area contributed by atoms with Gasteiger partial charge in [0, 0.05) is 33.0 Å². The Morgan fingerprint density at radius 2 is 1.89 bits per heavy atom. The molecule has 0 amide bonds. The molecule has 0 fully saturated rings. The number of nitrogens with zero attached hydrogens (tertiary/aromatic N) is 2. The lowest BCUT2D eigenvalue weighted by Crippen LogP contribution is -2.39. The standard InChI is InChI=1S/C19H22BrN3O3Si/c1-10-13(20)9-21-18-16(10)17(19(22-18)27(4,5)6)12-7-14(23(24)25)11(2)15(8-12)26-3/h7-9H,1-6H3,(H,21,22). The average molecular weight is 448 g/mol. The highest BCUT2D eigenvalue weighted by Crippen LogP contribution is 2.38. The van der Waals surface area contributed by atoms with Crippen molar-refractivity contribution in [1.82, 2.24) is 9.97 Å². The van der Waals surface area contributed by atoms with E-state index in [-0.39, 0.29) is 10.6 Å². The average Bonchev–Trinajstić information content (AvgIpc) is 2.99. The van der Waals surface area contributed by atoms with Crippen LogP contribution in [-0.4, -0.2) is 30.1 Å². The molecule has 8 heteroatoms. The van der Waals surface area contributed by atoms with Crippen LogP contribution in [0.15, 0.2) is 22.8 Å². The molecule has 0 saturated heterocycles. The van der Waals surface area contributed by atoms with Gasteiger partial charge >= 0.3 is 0 Å². The first-order valence-corrected chi connectivity index (χ1v) is 12.9. The lowest BCUT2D eigenvalue weighted by Gasteiger charge is -2.18. The van der Waals surface area contributed by atoms with Crippen molar-refractivity contribution in [1.29, 1.82) is 0 Å². The van der Waals surface area contributed by atoms with E-state index in [1.807, 2.05) is 13.0 Å². The monoisotopic (exact) mass is 447 g/mol. The second-order valence-electron chi connectivity index (χ2n) is 7.66. The summed E-state index contributed by atoms with van der Waals surface area (Å²) < 4.78 is 6.35. The summed E-state index contributed by atoms with van der Waals surface area (Å²) in [6.45, 7) is 10.5. The number of aromatic nitrogens is 2. The molecule has 0 aliphatic carbocycles. The minimum absolute atomic E-state index is 0.0563. The number of H-pyrrole nitrogens is 1. The van der Waals surface area contributed by atoms with Crippen molar-refractivity contribution in [2.45, 2.75) is 33.5 Å². The van der Waals surface area contributed by atoms with Gasteiger partial charge in [-0.3, -0.25) is 10.1 Å². The highest BCUT2D eigenvalue weighted by Gasteiger charge is 2.29. The molecule has 0 aliphatic rings. The summed E-state index contributed by atoms with van der Waals surface area (Å²) in [5.41, 5.74) is 4.19. The van der Waals surface area contributed by atoms with E-state index in [0.717, 1.165) is 37.5 Å². The van der Waals surface area contributed by atoms with Crippen molar-refractivity contribution in [2.75, 3.05) is 7.11 Å². The molecule has 2 aromatic heterocycles. The molecule has 1 N–H and O–H groups in total. The van der Waals surface area contributed by atoms with Gasteiger partial charge in [0.25, 0.3) is 5.69 Å². The summed E-state index contributed by atoms with van der Waals surface area (Å²) in [5, 5.41) is 13.7. The third kappa shape index (κ3) is 3.27. The van der Waals surface area contributed by atoms with Gasteiger partial charge in [-0.05, 0) is 47.0 Å². The zero-order valence-corrected chi connectivity index (χ0v) is 18.8. The van der Waals surface area contributed by atoms with Gasteiger partial charge in [0.15, 0.2) is 0 Å². The van der Waals surface area contributed by atoms with Crippen molar-refractivity contribution in [2.24, 2.45) is 0 Å². The van der Waals surface area contributed by atoms with Crippen molar-refractivity contribution < 1.29 is 9.66 Å². The van der Waals surface area contributed by atoms with E-state index in [2.05, 4.69) is 45.5 Å². The molecule has 142 valence electrons. The quantitative estimate of drug-likeness (QED) is 0.343. The second kappa shape index (κ2) is 6.76. The molecule has 0 bridgehead atoms. The Morgan fingerprint density at radius 3 is 2.44 bits per heavy atom. The molecule has 0 aliphatic heterocycles. The fraction of sp³-hybridized carbons (Fsp3) is 0.316. The van der Waals surface area contributed by atoms with Crippen LogP contribution in [0, 0.1) is 24.0 Å². The SMILES string of the molecule is COc1cc(-c2c([Si](C)(C)C)[nH]c3ncc(Br)c(C)c23)cc([N+](=O)[O-])c1C. The van der Waals surface area contributed by atoms with Crippen molar-refractivity contribution in [3.05, 3.63) is 44.0 Å². The molecule has 0 radical (unpaired) electrons. The zero-order valence-electron chi connectivity index (χ0n) is 16.2. The number of pyridine rings is 1. The molecule has 0 atom stereocenters. The summed E-state index contributed by atoms with van der Waals surface area (Å²) in [6, 6.07) is 3.53. The highest BCUT2D eigenvalue weighted by atomic mass is 79.9. The normalized spacial score (nSPS) is 11.8.